The van der Waals surface area contributed by atoms with Gasteiger partial charge < -0.3 is 8.98 Å². The molecule has 0 aliphatic rings. The second kappa shape index (κ2) is 4.45. The second-order valence-corrected chi connectivity index (χ2v) is 5.32. The first kappa shape index (κ1) is 12.9. The van der Waals surface area contributed by atoms with Crippen molar-refractivity contribution < 1.29 is 9.21 Å². The minimum absolute atomic E-state index is 0.0650. The summed E-state index contributed by atoms with van der Waals surface area (Å²) in [6.45, 7) is 4.24. The highest BCUT2D eigenvalue weighted by molar-refractivity contribution is 6.06. The Balaban J connectivity index is 2.35. The van der Waals surface area contributed by atoms with Crippen molar-refractivity contribution in [3.8, 4) is 0 Å². The number of Topliss-reactive ketones (excluding diaryl/α,β-unsaturated/α-hetero) is 1. The molecule has 0 spiro atoms. The van der Waals surface area contributed by atoms with Gasteiger partial charge in [-0.15, -0.1) is 0 Å². The highest BCUT2D eigenvalue weighted by Gasteiger charge is 2.16. The van der Waals surface area contributed by atoms with E-state index < -0.39 is 0 Å². The summed E-state index contributed by atoms with van der Waals surface area (Å²) in [7, 11) is 4.03. The Bertz CT molecular complexity index is 811. The maximum absolute atomic E-state index is 11.5. The number of furan rings is 1. The quantitative estimate of drug-likeness (QED) is 0.687. The van der Waals surface area contributed by atoms with Crippen LogP contribution in [0.2, 0.25) is 0 Å². The Morgan fingerprint density at radius 1 is 1.40 bits per heavy atom. The van der Waals surface area contributed by atoms with E-state index in [1.165, 1.54) is 6.92 Å². The summed E-state index contributed by atoms with van der Waals surface area (Å²) in [6, 6.07) is 5.62. The Labute approximate surface area is 116 Å². The fourth-order valence-corrected chi connectivity index (χ4v) is 2.49. The van der Waals surface area contributed by atoms with Gasteiger partial charge in [-0.1, -0.05) is 0 Å². The molecule has 5 nitrogen and oxygen atoms in total. The van der Waals surface area contributed by atoms with Gasteiger partial charge in [-0.25, -0.2) is 4.98 Å². The summed E-state index contributed by atoms with van der Waals surface area (Å²) in [6.07, 6.45) is 0. The average molecular weight is 271 g/mol. The number of ketones is 1. The SMILES string of the molecule is CC(=O)c1cc2c(ccc3nc(C)n(CN(C)C)c32)o1. The number of aromatic nitrogens is 2. The van der Waals surface area contributed by atoms with Crippen LogP contribution in [0.3, 0.4) is 0 Å². The predicted molar refractivity (Wildman–Crippen MR) is 77.9 cm³/mol. The van der Waals surface area contributed by atoms with Gasteiger partial charge in [0.05, 0.1) is 17.7 Å². The van der Waals surface area contributed by atoms with Crippen LogP contribution in [0.5, 0.6) is 0 Å². The molecule has 20 heavy (non-hydrogen) atoms. The lowest BCUT2D eigenvalue weighted by Gasteiger charge is -2.13. The topological polar surface area (TPSA) is 51.3 Å². The highest BCUT2D eigenvalue weighted by atomic mass is 16.3. The molecule has 0 atom stereocenters. The van der Waals surface area contributed by atoms with Crippen LogP contribution in [0.4, 0.5) is 0 Å². The molecular formula is C15H17N3O2. The van der Waals surface area contributed by atoms with E-state index >= 15 is 0 Å². The van der Waals surface area contributed by atoms with Crippen molar-refractivity contribution in [3.05, 3.63) is 29.8 Å². The average Bonchev–Trinajstić information content (AvgIpc) is 2.90. The molecule has 0 aliphatic heterocycles. The number of carbonyl (C=O) groups is 1. The second-order valence-electron chi connectivity index (χ2n) is 5.32. The first-order valence-corrected chi connectivity index (χ1v) is 6.52. The summed E-state index contributed by atoms with van der Waals surface area (Å²) in [5.41, 5.74) is 2.67. The van der Waals surface area contributed by atoms with E-state index in [-0.39, 0.29) is 5.78 Å². The van der Waals surface area contributed by atoms with Crippen molar-refractivity contribution in [1.82, 2.24) is 14.5 Å². The largest absolute Gasteiger partial charge is 0.453 e. The third-order valence-corrected chi connectivity index (χ3v) is 3.37. The van der Waals surface area contributed by atoms with Gasteiger partial charge in [0.15, 0.2) is 11.5 Å². The molecule has 2 heterocycles. The standard InChI is InChI=1S/C15H17N3O2/c1-9(19)14-7-11-13(20-14)6-5-12-15(11)18(8-17(3)4)10(2)16-12/h5-7H,8H2,1-4H3. The number of imidazole rings is 1. The van der Waals surface area contributed by atoms with Gasteiger partial charge in [0.25, 0.3) is 0 Å². The van der Waals surface area contributed by atoms with Crippen molar-refractivity contribution in [2.45, 2.75) is 20.5 Å². The Morgan fingerprint density at radius 3 is 2.80 bits per heavy atom. The van der Waals surface area contributed by atoms with Crippen LogP contribution in [0.1, 0.15) is 23.3 Å². The molecule has 0 saturated heterocycles. The van der Waals surface area contributed by atoms with Crippen LogP contribution in [0.25, 0.3) is 22.0 Å². The highest BCUT2D eigenvalue weighted by Crippen LogP contribution is 2.29. The number of benzene rings is 1. The first-order chi connectivity index (χ1) is 9.47. The van der Waals surface area contributed by atoms with Crippen molar-refractivity contribution in [3.63, 3.8) is 0 Å². The zero-order chi connectivity index (χ0) is 14.4. The molecule has 0 N–H and O–H groups in total. The van der Waals surface area contributed by atoms with Crippen molar-refractivity contribution in [2.75, 3.05) is 14.1 Å². The van der Waals surface area contributed by atoms with Gasteiger partial charge in [-0.05, 0) is 39.2 Å². The van der Waals surface area contributed by atoms with Gasteiger partial charge in [-0.2, -0.15) is 0 Å². The number of fused-ring (bicyclic) bond motifs is 3. The number of rotatable bonds is 3. The lowest BCUT2D eigenvalue weighted by Crippen LogP contribution is -2.17. The molecule has 3 aromatic rings. The van der Waals surface area contributed by atoms with E-state index in [4.69, 9.17) is 4.42 Å². The van der Waals surface area contributed by atoms with Crippen molar-refractivity contribution in [2.24, 2.45) is 0 Å². The number of nitrogens with zero attached hydrogens (tertiary/aromatic N) is 3. The van der Waals surface area contributed by atoms with Crippen molar-refractivity contribution >= 4 is 27.8 Å². The van der Waals surface area contributed by atoms with Crippen LogP contribution >= 0.6 is 0 Å². The fraction of sp³-hybridized carbons (Fsp3) is 0.333. The molecule has 0 radical (unpaired) electrons. The lowest BCUT2D eigenvalue weighted by molar-refractivity contribution is 0.0989. The van der Waals surface area contributed by atoms with Gasteiger partial charge in [-0.3, -0.25) is 9.69 Å². The lowest BCUT2D eigenvalue weighted by atomic mass is 10.2. The fourth-order valence-electron chi connectivity index (χ4n) is 2.49. The minimum Gasteiger partial charge on any atom is -0.453 e. The van der Waals surface area contributed by atoms with Crippen LogP contribution in [0, 0.1) is 6.92 Å². The monoisotopic (exact) mass is 271 g/mol. The molecule has 0 amide bonds. The third-order valence-electron chi connectivity index (χ3n) is 3.37. The number of aryl methyl sites for hydroxylation is 1. The van der Waals surface area contributed by atoms with Crippen molar-refractivity contribution in [1.29, 1.82) is 0 Å². The molecule has 0 aliphatic carbocycles. The predicted octanol–water partition coefficient (Wildman–Crippen LogP) is 2.81. The van der Waals surface area contributed by atoms with Crippen LogP contribution < -0.4 is 0 Å². The number of hydrogen-bond donors (Lipinski definition) is 0. The van der Waals surface area contributed by atoms with E-state index in [9.17, 15) is 4.79 Å². The third kappa shape index (κ3) is 1.91. The summed E-state index contributed by atoms with van der Waals surface area (Å²) < 4.78 is 7.74. The molecule has 2 aromatic heterocycles. The maximum Gasteiger partial charge on any atom is 0.194 e. The summed E-state index contributed by atoms with van der Waals surface area (Å²) >= 11 is 0. The zero-order valence-corrected chi connectivity index (χ0v) is 12.1. The molecule has 3 rings (SSSR count). The summed E-state index contributed by atoms with van der Waals surface area (Å²) in [5, 5.41) is 0.940. The smallest absolute Gasteiger partial charge is 0.194 e. The number of hydrogen-bond acceptors (Lipinski definition) is 4. The van der Waals surface area contributed by atoms with E-state index in [0.29, 0.717) is 5.76 Å². The van der Waals surface area contributed by atoms with Gasteiger partial charge in [0.1, 0.15) is 11.4 Å². The van der Waals surface area contributed by atoms with E-state index in [0.717, 1.165) is 34.5 Å². The molecule has 0 fully saturated rings. The zero-order valence-electron chi connectivity index (χ0n) is 12.1. The van der Waals surface area contributed by atoms with Crippen LogP contribution in [0.15, 0.2) is 22.6 Å². The van der Waals surface area contributed by atoms with E-state index in [2.05, 4.69) is 14.5 Å². The molecular weight excluding hydrogens is 254 g/mol. The first-order valence-electron chi connectivity index (χ1n) is 6.52. The molecule has 104 valence electrons. The van der Waals surface area contributed by atoms with Gasteiger partial charge in [0.2, 0.25) is 0 Å². The van der Waals surface area contributed by atoms with Gasteiger partial charge in [0, 0.05) is 12.3 Å². The normalized spacial score (nSPS) is 11.8. The van der Waals surface area contributed by atoms with E-state index in [1.807, 2.05) is 39.2 Å². The Morgan fingerprint density at radius 2 is 2.15 bits per heavy atom. The number of carbonyl (C=O) groups excluding carboxylic acids is 1. The van der Waals surface area contributed by atoms with Crippen LogP contribution in [-0.2, 0) is 6.67 Å². The molecule has 0 bridgehead atoms. The minimum atomic E-state index is -0.0650. The maximum atomic E-state index is 11.5. The summed E-state index contributed by atoms with van der Waals surface area (Å²) in [5.74, 6) is 1.28. The van der Waals surface area contributed by atoms with Crippen LogP contribution in [-0.4, -0.2) is 34.3 Å². The summed E-state index contributed by atoms with van der Waals surface area (Å²) in [4.78, 5) is 18.2. The molecule has 0 unspecified atom stereocenters. The van der Waals surface area contributed by atoms with Gasteiger partial charge >= 0.3 is 0 Å². The molecule has 5 heteroatoms. The Hall–Kier alpha value is -2.14. The van der Waals surface area contributed by atoms with E-state index in [1.54, 1.807) is 0 Å². The Kier molecular flexibility index (Phi) is 2.87. The molecule has 1 aromatic carbocycles. The molecule has 0 saturated carbocycles.